The maximum Gasteiger partial charge on any atom is 0.126 e. The first kappa shape index (κ1) is 22.4. The largest absolute Gasteiger partial charge is 0.390 e. The Bertz CT molecular complexity index is 80.5. The minimum Gasteiger partial charge on any atom is -0.390 e. The average Bonchev–Trinajstić information content (AvgIpc) is 1.92. The van der Waals surface area contributed by atoms with Crippen LogP contribution < -0.4 is 5.73 Å². The zero-order chi connectivity index (χ0) is 11.0. The number of nitrogens with two attached hydrogens (primary N) is 1. The van der Waals surface area contributed by atoms with E-state index >= 15 is 0 Å². The van der Waals surface area contributed by atoms with Gasteiger partial charge in [0.25, 0.3) is 0 Å². The molecule has 0 spiro atoms. The molecule has 0 aromatic carbocycles. The molecule has 0 atom stereocenters. The highest BCUT2D eigenvalue weighted by Crippen LogP contribution is 1.50. The lowest BCUT2D eigenvalue weighted by Gasteiger charge is -1.56. The summed E-state index contributed by atoms with van der Waals surface area (Å²) in [6.07, 6.45) is 2.50. The van der Waals surface area contributed by atoms with Crippen LogP contribution in [0.1, 0.15) is 34.6 Å². The quantitative estimate of drug-likeness (QED) is 0.336. The first-order chi connectivity index (χ1) is 5.56. The van der Waals surface area contributed by atoms with E-state index in [1.807, 2.05) is 20.8 Å². The zero-order valence-corrected chi connectivity index (χ0v) is 8.85. The Balaban J connectivity index is -0.0000000368. The van der Waals surface area contributed by atoms with Gasteiger partial charge in [0.1, 0.15) is 5.78 Å². The third kappa shape index (κ3) is 440. The van der Waals surface area contributed by atoms with Gasteiger partial charge in [0.2, 0.25) is 0 Å². The lowest BCUT2D eigenvalue weighted by atomic mass is 10.6. The maximum atomic E-state index is 9.44. The van der Waals surface area contributed by atoms with E-state index in [0.717, 1.165) is 6.34 Å². The molecule has 0 amide bonds. The molecule has 0 unspecified atom stereocenters. The van der Waals surface area contributed by atoms with E-state index in [-0.39, 0.29) is 5.78 Å². The van der Waals surface area contributed by atoms with Gasteiger partial charge in [-0.25, -0.2) is 0 Å². The predicted octanol–water partition coefficient (Wildman–Crippen LogP) is 2.37. The van der Waals surface area contributed by atoms with Crippen molar-refractivity contribution in [3.8, 4) is 0 Å². The van der Waals surface area contributed by atoms with Crippen LogP contribution in [0.15, 0.2) is 12.7 Å². The summed E-state index contributed by atoms with van der Waals surface area (Å²) in [7, 11) is 0. The Morgan fingerprint density at radius 3 is 1.42 bits per heavy atom. The SMILES string of the molecule is C=CC.CC.CC(C)=O.N=CN. The highest BCUT2D eigenvalue weighted by Gasteiger charge is 1.62. The number of rotatable bonds is 0. The zero-order valence-electron chi connectivity index (χ0n) is 8.85. The molecule has 0 aliphatic carbocycles. The van der Waals surface area contributed by atoms with E-state index in [9.17, 15) is 4.79 Å². The molecule has 0 rings (SSSR count). The Hall–Kier alpha value is -1.12. The van der Waals surface area contributed by atoms with Crippen LogP contribution in [-0.2, 0) is 4.79 Å². The summed E-state index contributed by atoms with van der Waals surface area (Å²) in [5.41, 5.74) is 4.39. The van der Waals surface area contributed by atoms with Gasteiger partial charge < -0.3 is 10.5 Å². The van der Waals surface area contributed by atoms with E-state index in [1.165, 1.54) is 13.8 Å². The van der Waals surface area contributed by atoms with Gasteiger partial charge >= 0.3 is 0 Å². The van der Waals surface area contributed by atoms with Gasteiger partial charge in [0, 0.05) is 0 Å². The van der Waals surface area contributed by atoms with Gasteiger partial charge in [0.05, 0.1) is 6.34 Å². The molecular formula is C9H22N2O. The normalized spacial score (nSPS) is 4.75. The minimum absolute atomic E-state index is 0.167. The molecule has 0 aliphatic heterocycles. The summed E-state index contributed by atoms with van der Waals surface area (Å²) in [5, 5.41) is 5.86. The van der Waals surface area contributed by atoms with Crippen LogP contribution in [0.4, 0.5) is 0 Å². The molecule has 0 aromatic rings. The average molecular weight is 174 g/mol. The molecule has 0 aliphatic rings. The van der Waals surface area contributed by atoms with Crippen molar-refractivity contribution in [3.05, 3.63) is 12.7 Å². The Kier molecular flexibility index (Phi) is 96.8. The molecule has 0 fully saturated rings. The third-order valence-electron chi connectivity index (χ3n) is 0. The third-order valence-corrected chi connectivity index (χ3v) is 0. The van der Waals surface area contributed by atoms with Gasteiger partial charge in [-0.15, -0.1) is 6.58 Å². The minimum atomic E-state index is 0.167. The Morgan fingerprint density at radius 2 is 1.42 bits per heavy atom. The first-order valence-corrected chi connectivity index (χ1v) is 3.81. The van der Waals surface area contributed by atoms with E-state index in [0.29, 0.717) is 0 Å². The van der Waals surface area contributed by atoms with Crippen molar-refractivity contribution in [2.75, 3.05) is 0 Å². The van der Waals surface area contributed by atoms with Crippen LogP contribution in [0.25, 0.3) is 0 Å². The number of carbonyl (C=O) groups is 1. The molecule has 0 radical (unpaired) electrons. The number of Topliss-reactive ketones (excluding diaryl/α,β-unsaturated/α-hetero) is 1. The van der Waals surface area contributed by atoms with Crippen LogP contribution >= 0.6 is 0 Å². The van der Waals surface area contributed by atoms with Crippen LogP contribution in [0.3, 0.4) is 0 Å². The molecule has 74 valence electrons. The van der Waals surface area contributed by atoms with Crippen molar-refractivity contribution >= 4 is 12.1 Å². The Labute approximate surface area is 76.2 Å². The summed E-state index contributed by atoms with van der Waals surface area (Å²) in [6, 6.07) is 0. The van der Waals surface area contributed by atoms with Crippen LogP contribution in [0.5, 0.6) is 0 Å². The fraction of sp³-hybridized carbons (Fsp3) is 0.556. The highest BCUT2D eigenvalue weighted by molar-refractivity contribution is 5.72. The summed E-state index contributed by atoms with van der Waals surface area (Å²) in [5.74, 6) is 0.167. The molecular weight excluding hydrogens is 152 g/mol. The van der Waals surface area contributed by atoms with Crippen LogP contribution in [0.2, 0.25) is 0 Å². The molecule has 12 heavy (non-hydrogen) atoms. The molecule has 0 saturated carbocycles. The van der Waals surface area contributed by atoms with Gasteiger partial charge in [-0.1, -0.05) is 19.9 Å². The van der Waals surface area contributed by atoms with Crippen molar-refractivity contribution in [1.82, 2.24) is 0 Å². The standard InChI is InChI=1S/C3H6O.C3H6.C2H6.CH4N2/c1-3(2)4;1-3-2;1-2;2-1-3/h1-2H3;3H,1H2,2H3;1-2H3;1H,(H3,2,3). The smallest absolute Gasteiger partial charge is 0.126 e. The molecule has 3 nitrogen and oxygen atoms in total. The van der Waals surface area contributed by atoms with E-state index in [4.69, 9.17) is 5.41 Å². The molecule has 0 heterocycles. The predicted molar refractivity (Wildman–Crippen MR) is 56.5 cm³/mol. The van der Waals surface area contributed by atoms with Crippen molar-refractivity contribution in [3.63, 3.8) is 0 Å². The second kappa shape index (κ2) is 51.8. The second-order valence-corrected chi connectivity index (χ2v) is 1.48. The number of hydrogen-bond donors (Lipinski definition) is 2. The van der Waals surface area contributed by atoms with Crippen LogP contribution in [-0.4, -0.2) is 12.1 Å². The first-order valence-electron chi connectivity index (χ1n) is 3.81. The number of carbonyl (C=O) groups excluding carboxylic acids is 1. The lowest BCUT2D eigenvalue weighted by molar-refractivity contribution is -0.114. The number of nitrogens with one attached hydrogen (secondary N) is 1. The molecule has 0 aromatic heterocycles. The van der Waals surface area contributed by atoms with E-state index in [2.05, 4.69) is 12.3 Å². The van der Waals surface area contributed by atoms with Gasteiger partial charge in [-0.3, -0.25) is 5.41 Å². The summed E-state index contributed by atoms with van der Waals surface area (Å²) in [6.45, 7) is 12.3. The number of hydrogen-bond acceptors (Lipinski definition) is 2. The van der Waals surface area contributed by atoms with Crippen molar-refractivity contribution in [2.45, 2.75) is 34.6 Å². The monoisotopic (exact) mass is 174 g/mol. The van der Waals surface area contributed by atoms with E-state index < -0.39 is 0 Å². The summed E-state index contributed by atoms with van der Waals surface area (Å²) >= 11 is 0. The van der Waals surface area contributed by atoms with E-state index in [1.54, 1.807) is 6.08 Å². The second-order valence-electron chi connectivity index (χ2n) is 1.48. The summed E-state index contributed by atoms with van der Waals surface area (Å²) in [4.78, 5) is 9.44. The molecule has 3 N–H and O–H groups in total. The van der Waals surface area contributed by atoms with Gasteiger partial charge in [-0.2, -0.15) is 0 Å². The number of allylic oxidation sites excluding steroid dienone is 1. The fourth-order valence-corrected chi connectivity index (χ4v) is 0. The van der Waals surface area contributed by atoms with Gasteiger partial charge in [-0.05, 0) is 20.8 Å². The highest BCUT2D eigenvalue weighted by atomic mass is 16.1. The lowest BCUT2D eigenvalue weighted by Crippen LogP contribution is -1.81. The molecule has 3 heteroatoms. The van der Waals surface area contributed by atoms with Crippen molar-refractivity contribution < 1.29 is 4.79 Å². The van der Waals surface area contributed by atoms with Gasteiger partial charge in [0.15, 0.2) is 0 Å². The van der Waals surface area contributed by atoms with Crippen LogP contribution in [0, 0.1) is 5.41 Å². The topological polar surface area (TPSA) is 66.9 Å². The maximum absolute atomic E-state index is 9.44. The Morgan fingerprint density at radius 1 is 1.42 bits per heavy atom. The van der Waals surface area contributed by atoms with Crippen molar-refractivity contribution in [2.24, 2.45) is 5.73 Å². The van der Waals surface area contributed by atoms with Crippen molar-refractivity contribution in [1.29, 1.82) is 5.41 Å². The summed E-state index contributed by atoms with van der Waals surface area (Å²) < 4.78 is 0. The number of ketones is 1. The fourth-order valence-electron chi connectivity index (χ4n) is 0. The molecule has 0 bridgehead atoms. The molecule has 0 saturated heterocycles.